The molecule has 0 aliphatic carbocycles. The number of anilines is 1. The molecule has 1 fully saturated rings. The Hall–Kier alpha value is -3.49. The van der Waals surface area contributed by atoms with E-state index in [4.69, 9.17) is 19.3 Å². The van der Waals surface area contributed by atoms with E-state index in [2.05, 4.69) is 9.88 Å². The van der Waals surface area contributed by atoms with Crippen LogP contribution in [0.2, 0.25) is 0 Å². The summed E-state index contributed by atoms with van der Waals surface area (Å²) in [5.41, 5.74) is 2.49. The molecule has 0 radical (unpaired) electrons. The van der Waals surface area contributed by atoms with Crippen LogP contribution in [0.15, 0.2) is 36.5 Å². The lowest BCUT2D eigenvalue weighted by molar-refractivity contribution is 0.0751. The van der Waals surface area contributed by atoms with Crippen LogP contribution >= 0.6 is 0 Å². The molecule has 0 unspecified atom stereocenters. The molecule has 30 heavy (non-hydrogen) atoms. The minimum atomic E-state index is -0.259. The van der Waals surface area contributed by atoms with E-state index < -0.39 is 0 Å². The number of carbonyl (C=O) groups is 1. The molecule has 3 aromatic rings. The summed E-state index contributed by atoms with van der Waals surface area (Å²) < 4.78 is 18.3. The third kappa shape index (κ3) is 3.26. The molecule has 1 amide bonds. The first-order chi connectivity index (χ1) is 14.6. The average Bonchev–Trinajstić information content (AvgIpc) is 3.39. The maximum Gasteiger partial charge on any atom is 0.410 e. The van der Waals surface area contributed by atoms with Crippen LogP contribution in [0, 0.1) is 0 Å². The van der Waals surface area contributed by atoms with Crippen molar-refractivity contribution < 1.29 is 19.0 Å². The second-order valence-corrected chi connectivity index (χ2v) is 7.55. The molecular formula is C21H23N5O4. The molecule has 1 saturated heterocycles. The quantitative estimate of drug-likeness (QED) is 0.658. The van der Waals surface area contributed by atoms with Gasteiger partial charge in [-0.2, -0.15) is 0 Å². The Kier molecular flexibility index (Phi) is 4.57. The highest BCUT2D eigenvalue weighted by Gasteiger charge is 2.25. The standard InChI is InChI=1S/C21H23N5O4/c1-14(2)30-21(27)25-10-8-24(9-11-25)19-7-6-18-22-12-16(26(18)23-19)15-4-3-5-17-20(15)29-13-28-17/h3-7,12,14H,8-11,13H2,1-2H3. The number of fused-ring (bicyclic) bond motifs is 2. The van der Waals surface area contributed by atoms with Crippen molar-refractivity contribution in [2.24, 2.45) is 0 Å². The molecule has 4 heterocycles. The molecule has 0 spiro atoms. The number of amides is 1. The Labute approximate surface area is 173 Å². The lowest BCUT2D eigenvalue weighted by Gasteiger charge is -2.35. The minimum Gasteiger partial charge on any atom is -0.454 e. The van der Waals surface area contributed by atoms with Gasteiger partial charge in [-0.3, -0.25) is 0 Å². The predicted octanol–water partition coefficient (Wildman–Crippen LogP) is 2.79. The Morgan fingerprint density at radius 3 is 2.73 bits per heavy atom. The van der Waals surface area contributed by atoms with Gasteiger partial charge in [-0.05, 0) is 38.1 Å². The monoisotopic (exact) mass is 409 g/mol. The summed E-state index contributed by atoms with van der Waals surface area (Å²) in [6, 6.07) is 9.71. The van der Waals surface area contributed by atoms with Gasteiger partial charge in [0, 0.05) is 31.7 Å². The Morgan fingerprint density at radius 2 is 1.93 bits per heavy atom. The van der Waals surface area contributed by atoms with E-state index in [1.54, 1.807) is 11.1 Å². The number of aromatic nitrogens is 3. The van der Waals surface area contributed by atoms with E-state index >= 15 is 0 Å². The van der Waals surface area contributed by atoms with E-state index in [1.165, 1.54) is 0 Å². The molecule has 2 aliphatic rings. The molecule has 9 heteroatoms. The molecule has 9 nitrogen and oxygen atoms in total. The SMILES string of the molecule is CC(C)OC(=O)N1CCN(c2ccc3ncc(-c4cccc5c4OCO5)n3n2)CC1. The van der Waals surface area contributed by atoms with Crippen LogP contribution in [-0.4, -0.2) is 64.7 Å². The van der Waals surface area contributed by atoms with Crippen LogP contribution in [-0.2, 0) is 4.74 Å². The first kappa shape index (κ1) is 18.5. The second kappa shape index (κ2) is 7.40. The van der Waals surface area contributed by atoms with Gasteiger partial charge in [0.25, 0.3) is 0 Å². The maximum atomic E-state index is 12.1. The van der Waals surface area contributed by atoms with Gasteiger partial charge in [-0.1, -0.05) is 6.07 Å². The van der Waals surface area contributed by atoms with Crippen molar-refractivity contribution in [3.63, 3.8) is 0 Å². The number of rotatable bonds is 3. The fraction of sp³-hybridized carbons (Fsp3) is 0.381. The molecule has 0 saturated carbocycles. The summed E-state index contributed by atoms with van der Waals surface area (Å²) >= 11 is 0. The first-order valence-corrected chi connectivity index (χ1v) is 10.0. The van der Waals surface area contributed by atoms with Crippen molar-refractivity contribution in [1.29, 1.82) is 0 Å². The Bertz CT molecular complexity index is 1090. The summed E-state index contributed by atoms with van der Waals surface area (Å²) in [6.45, 7) is 6.50. The van der Waals surface area contributed by atoms with Gasteiger partial charge in [-0.25, -0.2) is 14.3 Å². The minimum absolute atomic E-state index is 0.118. The molecule has 0 atom stereocenters. The largest absolute Gasteiger partial charge is 0.454 e. The van der Waals surface area contributed by atoms with Crippen molar-refractivity contribution in [1.82, 2.24) is 19.5 Å². The van der Waals surface area contributed by atoms with Crippen molar-refractivity contribution in [2.45, 2.75) is 20.0 Å². The number of hydrogen-bond acceptors (Lipinski definition) is 7. The highest BCUT2D eigenvalue weighted by Crippen LogP contribution is 2.41. The van der Waals surface area contributed by atoms with Crippen LogP contribution < -0.4 is 14.4 Å². The van der Waals surface area contributed by atoms with E-state index in [0.717, 1.165) is 28.5 Å². The molecule has 1 aromatic carbocycles. The third-order valence-electron chi connectivity index (χ3n) is 5.22. The van der Waals surface area contributed by atoms with Crippen molar-refractivity contribution >= 4 is 17.6 Å². The summed E-state index contributed by atoms with van der Waals surface area (Å²) in [7, 11) is 0. The van der Waals surface area contributed by atoms with E-state index in [1.807, 2.05) is 48.7 Å². The van der Waals surface area contributed by atoms with Crippen LogP contribution in [0.1, 0.15) is 13.8 Å². The summed E-state index contributed by atoms with van der Waals surface area (Å²) in [5, 5.41) is 4.83. The Balaban J connectivity index is 1.40. The van der Waals surface area contributed by atoms with E-state index in [-0.39, 0.29) is 19.0 Å². The molecule has 2 aliphatic heterocycles. The highest BCUT2D eigenvalue weighted by atomic mass is 16.7. The molecule has 0 bridgehead atoms. The van der Waals surface area contributed by atoms with Crippen molar-refractivity contribution in [3.05, 3.63) is 36.5 Å². The zero-order valence-electron chi connectivity index (χ0n) is 16.9. The van der Waals surface area contributed by atoms with Crippen LogP contribution in [0.25, 0.3) is 16.9 Å². The number of imidazole rings is 1. The number of carbonyl (C=O) groups excluding carboxylic acids is 1. The van der Waals surface area contributed by atoms with E-state index in [9.17, 15) is 4.79 Å². The van der Waals surface area contributed by atoms with Gasteiger partial charge in [-0.15, -0.1) is 5.10 Å². The van der Waals surface area contributed by atoms with Crippen molar-refractivity contribution in [2.75, 3.05) is 37.9 Å². The van der Waals surface area contributed by atoms with Gasteiger partial charge in [0.05, 0.1) is 18.0 Å². The topological polar surface area (TPSA) is 81.4 Å². The number of para-hydroxylation sites is 1. The molecular weight excluding hydrogens is 386 g/mol. The smallest absolute Gasteiger partial charge is 0.410 e. The number of ether oxygens (including phenoxy) is 3. The van der Waals surface area contributed by atoms with Crippen LogP contribution in [0.4, 0.5) is 10.6 Å². The summed E-state index contributed by atoms with van der Waals surface area (Å²) in [5.74, 6) is 2.27. The molecule has 2 aromatic heterocycles. The number of benzene rings is 1. The fourth-order valence-corrected chi connectivity index (χ4v) is 3.74. The van der Waals surface area contributed by atoms with Gasteiger partial charge in [0.15, 0.2) is 17.1 Å². The zero-order valence-corrected chi connectivity index (χ0v) is 16.9. The van der Waals surface area contributed by atoms with Crippen LogP contribution in [0.3, 0.4) is 0 Å². The number of piperazine rings is 1. The van der Waals surface area contributed by atoms with Gasteiger partial charge >= 0.3 is 6.09 Å². The highest BCUT2D eigenvalue weighted by molar-refractivity contribution is 5.73. The molecule has 0 N–H and O–H groups in total. The second-order valence-electron chi connectivity index (χ2n) is 7.55. The van der Waals surface area contributed by atoms with Crippen LogP contribution in [0.5, 0.6) is 11.5 Å². The maximum absolute atomic E-state index is 12.1. The van der Waals surface area contributed by atoms with Gasteiger partial charge < -0.3 is 24.0 Å². The van der Waals surface area contributed by atoms with Gasteiger partial charge in [0.2, 0.25) is 6.79 Å². The van der Waals surface area contributed by atoms with Crippen molar-refractivity contribution in [3.8, 4) is 22.8 Å². The molecule has 156 valence electrons. The predicted molar refractivity (Wildman–Crippen MR) is 110 cm³/mol. The van der Waals surface area contributed by atoms with Gasteiger partial charge in [0.1, 0.15) is 5.82 Å². The number of hydrogen-bond donors (Lipinski definition) is 0. The number of nitrogens with zero attached hydrogens (tertiary/aromatic N) is 5. The Morgan fingerprint density at radius 1 is 1.10 bits per heavy atom. The average molecular weight is 409 g/mol. The van der Waals surface area contributed by atoms with E-state index in [0.29, 0.717) is 31.9 Å². The lowest BCUT2D eigenvalue weighted by Crippen LogP contribution is -2.49. The lowest BCUT2D eigenvalue weighted by atomic mass is 10.1. The summed E-state index contributed by atoms with van der Waals surface area (Å²) in [4.78, 5) is 20.5. The third-order valence-corrected chi connectivity index (χ3v) is 5.22. The molecule has 5 rings (SSSR count). The zero-order chi connectivity index (χ0) is 20.7. The normalized spacial score (nSPS) is 15.8. The first-order valence-electron chi connectivity index (χ1n) is 10.0. The summed E-state index contributed by atoms with van der Waals surface area (Å²) in [6.07, 6.45) is 1.42. The fourth-order valence-electron chi connectivity index (χ4n) is 3.74.